The maximum Gasteiger partial charge on any atom is 0.0855 e. The molecule has 0 aliphatic carbocycles. The molecule has 2 rings (SSSR count). The van der Waals surface area contributed by atoms with Gasteiger partial charge in [0.15, 0.2) is 0 Å². The monoisotopic (exact) mass is 339 g/mol. The van der Waals surface area contributed by atoms with E-state index in [-0.39, 0.29) is 5.92 Å². The molecule has 0 spiro atoms. The summed E-state index contributed by atoms with van der Waals surface area (Å²) in [5.74, 6) is 0.0676. The summed E-state index contributed by atoms with van der Waals surface area (Å²) in [5.41, 5.74) is 2.06. The van der Waals surface area contributed by atoms with Crippen LogP contribution in [0.2, 0.25) is 0 Å². The number of hydrogen-bond donors (Lipinski definition) is 1. The van der Waals surface area contributed by atoms with E-state index in [0.29, 0.717) is 0 Å². The predicted molar refractivity (Wildman–Crippen MR) is 76.8 cm³/mol. The van der Waals surface area contributed by atoms with Crippen LogP contribution in [-0.2, 0) is 0 Å². The Balaban J connectivity index is 2.20. The molecule has 17 heavy (non-hydrogen) atoms. The Morgan fingerprint density at radius 2 is 1.59 bits per heavy atom. The van der Waals surface area contributed by atoms with Gasteiger partial charge in [0.2, 0.25) is 0 Å². The second-order valence-electron chi connectivity index (χ2n) is 4.07. The van der Waals surface area contributed by atoms with Gasteiger partial charge in [-0.3, -0.25) is 4.98 Å². The standard InChI is InChI=1S/C14H14INO/c1-10(11-6-8-16-9-7-11)14(17)12-2-4-13(15)5-3-12/h2-10,14,17H,1H3. The van der Waals surface area contributed by atoms with Gasteiger partial charge in [-0.1, -0.05) is 19.1 Å². The van der Waals surface area contributed by atoms with Gasteiger partial charge in [0.1, 0.15) is 0 Å². The summed E-state index contributed by atoms with van der Waals surface area (Å²) in [6, 6.07) is 11.9. The van der Waals surface area contributed by atoms with Crippen molar-refractivity contribution in [2.75, 3.05) is 0 Å². The van der Waals surface area contributed by atoms with Gasteiger partial charge >= 0.3 is 0 Å². The van der Waals surface area contributed by atoms with Crippen LogP contribution in [0.1, 0.15) is 30.1 Å². The first kappa shape index (κ1) is 12.5. The number of halogens is 1. The molecule has 1 aromatic heterocycles. The molecule has 2 unspecified atom stereocenters. The van der Waals surface area contributed by atoms with Crippen molar-refractivity contribution in [2.45, 2.75) is 18.9 Å². The number of aliphatic hydroxyl groups is 1. The van der Waals surface area contributed by atoms with Gasteiger partial charge in [-0.05, 0) is 58.0 Å². The van der Waals surface area contributed by atoms with Gasteiger partial charge < -0.3 is 5.11 Å². The fraction of sp³-hybridized carbons (Fsp3) is 0.214. The van der Waals surface area contributed by atoms with Crippen LogP contribution in [0.15, 0.2) is 48.8 Å². The van der Waals surface area contributed by atoms with Crippen molar-refractivity contribution in [3.05, 3.63) is 63.5 Å². The smallest absolute Gasteiger partial charge is 0.0855 e. The fourth-order valence-electron chi connectivity index (χ4n) is 1.80. The van der Waals surface area contributed by atoms with Crippen molar-refractivity contribution in [1.29, 1.82) is 0 Å². The largest absolute Gasteiger partial charge is 0.388 e. The van der Waals surface area contributed by atoms with E-state index in [0.717, 1.165) is 11.1 Å². The molecule has 3 heteroatoms. The average Bonchev–Trinajstić information content (AvgIpc) is 2.39. The lowest BCUT2D eigenvalue weighted by Gasteiger charge is -2.19. The zero-order chi connectivity index (χ0) is 12.3. The van der Waals surface area contributed by atoms with Crippen LogP contribution in [0.25, 0.3) is 0 Å². The number of pyridine rings is 1. The Morgan fingerprint density at radius 3 is 2.18 bits per heavy atom. The summed E-state index contributed by atoms with van der Waals surface area (Å²) < 4.78 is 1.18. The molecule has 0 aliphatic rings. The normalized spacial score (nSPS) is 14.3. The van der Waals surface area contributed by atoms with E-state index < -0.39 is 6.10 Å². The zero-order valence-electron chi connectivity index (χ0n) is 9.55. The molecule has 0 radical (unpaired) electrons. The molecule has 2 aromatic rings. The second kappa shape index (κ2) is 5.60. The summed E-state index contributed by atoms with van der Waals surface area (Å²) in [6.45, 7) is 2.03. The number of aromatic nitrogens is 1. The number of aliphatic hydroxyl groups excluding tert-OH is 1. The molecule has 1 heterocycles. The van der Waals surface area contributed by atoms with E-state index in [9.17, 15) is 5.11 Å². The van der Waals surface area contributed by atoms with Crippen molar-refractivity contribution in [3.63, 3.8) is 0 Å². The van der Waals surface area contributed by atoms with Crippen molar-refractivity contribution in [3.8, 4) is 0 Å². The van der Waals surface area contributed by atoms with E-state index in [2.05, 4.69) is 27.6 Å². The summed E-state index contributed by atoms with van der Waals surface area (Å²) in [5, 5.41) is 10.3. The van der Waals surface area contributed by atoms with Crippen LogP contribution >= 0.6 is 22.6 Å². The molecular formula is C14H14INO. The second-order valence-corrected chi connectivity index (χ2v) is 5.31. The highest BCUT2D eigenvalue weighted by Gasteiger charge is 2.17. The quantitative estimate of drug-likeness (QED) is 0.868. The van der Waals surface area contributed by atoms with Crippen molar-refractivity contribution >= 4 is 22.6 Å². The van der Waals surface area contributed by atoms with Crippen molar-refractivity contribution < 1.29 is 5.11 Å². The van der Waals surface area contributed by atoms with E-state index >= 15 is 0 Å². The molecular weight excluding hydrogens is 325 g/mol. The highest BCUT2D eigenvalue weighted by molar-refractivity contribution is 14.1. The molecule has 0 aliphatic heterocycles. The number of hydrogen-bond acceptors (Lipinski definition) is 2. The third-order valence-corrected chi connectivity index (χ3v) is 3.64. The number of rotatable bonds is 3. The minimum Gasteiger partial charge on any atom is -0.388 e. The lowest BCUT2D eigenvalue weighted by Crippen LogP contribution is -2.07. The number of nitrogens with zero attached hydrogens (tertiary/aromatic N) is 1. The molecule has 0 saturated heterocycles. The summed E-state index contributed by atoms with van der Waals surface area (Å²) >= 11 is 2.26. The van der Waals surface area contributed by atoms with Gasteiger partial charge in [0.05, 0.1) is 6.10 Å². The molecule has 2 nitrogen and oxygen atoms in total. The Bertz CT molecular complexity index is 469. The Kier molecular flexibility index (Phi) is 4.12. The van der Waals surface area contributed by atoms with Crippen LogP contribution in [0.4, 0.5) is 0 Å². The molecule has 2 atom stereocenters. The maximum absolute atomic E-state index is 10.3. The molecule has 0 saturated carbocycles. The highest BCUT2D eigenvalue weighted by Crippen LogP contribution is 2.30. The minimum absolute atomic E-state index is 0.0676. The van der Waals surface area contributed by atoms with Crippen LogP contribution in [0.3, 0.4) is 0 Å². The first-order valence-electron chi connectivity index (χ1n) is 5.52. The summed E-state index contributed by atoms with van der Waals surface area (Å²) in [4.78, 5) is 3.99. The first-order chi connectivity index (χ1) is 8.18. The Morgan fingerprint density at radius 1 is 1.00 bits per heavy atom. The van der Waals surface area contributed by atoms with E-state index in [1.54, 1.807) is 12.4 Å². The lowest BCUT2D eigenvalue weighted by atomic mass is 9.91. The van der Waals surface area contributed by atoms with E-state index in [1.165, 1.54) is 3.57 Å². The van der Waals surface area contributed by atoms with E-state index in [4.69, 9.17) is 0 Å². The SMILES string of the molecule is CC(c1ccncc1)C(O)c1ccc(I)cc1. The topological polar surface area (TPSA) is 33.1 Å². The Hall–Kier alpha value is -0.940. The van der Waals surface area contributed by atoms with Crippen molar-refractivity contribution in [1.82, 2.24) is 4.98 Å². The lowest BCUT2D eigenvalue weighted by molar-refractivity contribution is 0.151. The maximum atomic E-state index is 10.3. The molecule has 0 bridgehead atoms. The zero-order valence-corrected chi connectivity index (χ0v) is 11.7. The van der Waals surface area contributed by atoms with Gasteiger partial charge in [0, 0.05) is 21.9 Å². The van der Waals surface area contributed by atoms with Crippen LogP contribution in [-0.4, -0.2) is 10.1 Å². The highest BCUT2D eigenvalue weighted by atomic mass is 127. The molecule has 1 aromatic carbocycles. The van der Waals surface area contributed by atoms with Crippen LogP contribution < -0.4 is 0 Å². The van der Waals surface area contributed by atoms with Gasteiger partial charge in [0.25, 0.3) is 0 Å². The Labute approximate surface area is 115 Å². The fourth-order valence-corrected chi connectivity index (χ4v) is 2.16. The van der Waals surface area contributed by atoms with Crippen molar-refractivity contribution in [2.24, 2.45) is 0 Å². The van der Waals surface area contributed by atoms with Crippen LogP contribution in [0, 0.1) is 3.57 Å². The van der Waals surface area contributed by atoms with E-state index in [1.807, 2.05) is 43.3 Å². The van der Waals surface area contributed by atoms with Crippen LogP contribution in [0.5, 0.6) is 0 Å². The third kappa shape index (κ3) is 3.04. The molecule has 0 amide bonds. The molecule has 1 N–H and O–H groups in total. The van der Waals surface area contributed by atoms with Gasteiger partial charge in [-0.2, -0.15) is 0 Å². The van der Waals surface area contributed by atoms with Gasteiger partial charge in [-0.15, -0.1) is 0 Å². The average molecular weight is 339 g/mol. The van der Waals surface area contributed by atoms with Gasteiger partial charge in [-0.25, -0.2) is 0 Å². The summed E-state index contributed by atoms with van der Waals surface area (Å²) in [7, 11) is 0. The number of benzene rings is 1. The predicted octanol–water partition coefficient (Wildman–Crippen LogP) is 3.52. The minimum atomic E-state index is -0.477. The summed E-state index contributed by atoms with van der Waals surface area (Å²) in [6.07, 6.45) is 3.04. The third-order valence-electron chi connectivity index (χ3n) is 2.92. The first-order valence-corrected chi connectivity index (χ1v) is 6.60. The molecule has 0 fully saturated rings. The molecule has 88 valence electrons.